The molecule has 1 amide bonds. The van der Waals surface area contributed by atoms with Crippen LogP contribution in [0.1, 0.15) is 76.2 Å². The number of hydrogen-bond donors (Lipinski definition) is 2. The third kappa shape index (κ3) is 7.82. The third-order valence-electron chi connectivity index (χ3n) is 10.1. The molecule has 0 spiro atoms. The summed E-state index contributed by atoms with van der Waals surface area (Å²) in [5.74, 6) is -4.44. The Bertz CT molecular complexity index is 2240. The van der Waals surface area contributed by atoms with Crippen LogP contribution in [0, 0.1) is 12.7 Å². The second-order valence-corrected chi connectivity index (χ2v) is 14.2. The monoisotopic (exact) mass is 775 g/mol. The van der Waals surface area contributed by atoms with E-state index in [2.05, 4.69) is 5.32 Å². The van der Waals surface area contributed by atoms with Gasteiger partial charge in [-0.05, 0) is 90.3 Å². The number of benzene rings is 3. The van der Waals surface area contributed by atoms with E-state index in [0.29, 0.717) is 22.3 Å². The summed E-state index contributed by atoms with van der Waals surface area (Å²) in [5, 5.41) is 12.2. The number of nitrogens with zero attached hydrogens (tertiary/aromatic N) is 2. The molecule has 7 rings (SSSR count). The smallest absolute Gasteiger partial charge is 0.419 e. The topological polar surface area (TPSA) is 101 Å². The van der Waals surface area contributed by atoms with Crippen molar-refractivity contribution >= 4 is 11.9 Å². The number of rotatable bonds is 7. The molecule has 2 atom stereocenters. The van der Waals surface area contributed by atoms with E-state index in [9.17, 15) is 50.2 Å². The van der Waals surface area contributed by atoms with E-state index in [0.717, 1.165) is 30.7 Å². The fraction of sp³-hybridized carbons (Fsp3) is 0.359. The van der Waals surface area contributed by atoms with E-state index >= 15 is 4.39 Å². The largest absolute Gasteiger partial charge is 0.481 e. The standard InChI is InChI=1S/C39H33F8N3O5/c1-19-9-23(20-5-6-20)13-31-34(19)24-11-27(35(41)29(12-24)39(45,46)47)30(15-33(52)53)48-37(54)36(21-3-2-4-26(10-21)55-31)50-16-22(7-8-49-17-25(40)18-49)28(14-32(50)51)38(42,43)44/h2-4,9-14,16,20,25,30,36H,5-8,15,17-18H2,1H3,(H,48,54)(H,52,53)/t30-,36+/m0/s1. The minimum Gasteiger partial charge on any atom is -0.481 e. The molecule has 1 aromatic heterocycles. The van der Waals surface area contributed by atoms with Gasteiger partial charge < -0.3 is 15.2 Å². The number of aliphatic carboxylic acids is 1. The molecule has 1 saturated carbocycles. The Morgan fingerprint density at radius 3 is 2.29 bits per heavy atom. The first-order chi connectivity index (χ1) is 25.9. The molecule has 2 fully saturated rings. The van der Waals surface area contributed by atoms with Crippen LogP contribution in [0.25, 0.3) is 11.1 Å². The minimum absolute atomic E-state index is 0.00238. The number of hydrogen-bond acceptors (Lipinski definition) is 5. The zero-order valence-corrected chi connectivity index (χ0v) is 29.0. The predicted molar refractivity (Wildman–Crippen MR) is 182 cm³/mol. The molecule has 1 saturated heterocycles. The lowest BCUT2D eigenvalue weighted by molar-refractivity contribution is -0.140. The van der Waals surface area contributed by atoms with Crippen LogP contribution in [0.2, 0.25) is 0 Å². The first kappa shape index (κ1) is 38.0. The molecule has 4 bridgehead atoms. The highest BCUT2D eigenvalue weighted by molar-refractivity contribution is 5.85. The maximum absolute atomic E-state index is 16.1. The van der Waals surface area contributed by atoms with Crippen LogP contribution in [0.4, 0.5) is 35.1 Å². The summed E-state index contributed by atoms with van der Waals surface area (Å²) in [6.45, 7) is 1.63. The molecule has 3 heterocycles. The highest BCUT2D eigenvalue weighted by Gasteiger charge is 2.40. The van der Waals surface area contributed by atoms with E-state index < -0.39 is 82.5 Å². The number of aryl methyl sites for hydroxylation is 1. The van der Waals surface area contributed by atoms with Gasteiger partial charge in [-0.1, -0.05) is 18.2 Å². The number of ether oxygens (including phenoxy) is 1. The number of carbonyl (C=O) groups excluding carboxylic acids is 1. The zero-order chi connectivity index (χ0) is 39.6. The summed E-state index contributed by atoms with van der Waals surface area (Å²) in [5.41, 5.74) is -4.33. The van der Waals surface area contributed by atoms with Crippen molar-refractivity contribution in [2.45, 2.75) is 69.1 Å². The maximum atomic E-state index is 16.1. The number of amides is 1. The van der Waals surface area contributed by atoms with Crippen LogP contribution in [0.15, 0.2) is 65.6 Å². The van der Waals surface area contributed by atoms with E-state index in [-0.39, 0.29) is 60.2 Å². The van der Waals surface area contributed by atoms with Gasteiger partial charge in [0, 0.05) is 43.0 Å². The van der Waals surface area contributed by atoms with Gasteiger partial charge in [0.1, 0.15) is 29.5 Å². The first-order valence-electron chi connectivity index (χ1n) is 17.4. The van der Waals surface area contributed by atoms with Crippen molar-refractivity contribution < 1.29 is 54.6 Å². The highest BCUT2D eigenvalue weighted by Crippen LogP contribution is 2.47. The fourth-order valence-electron chi connectivity index (χ4n) is 7.34. The second kappa shape index (κ2) is 14.1. The summed E-state index contributed by atoms with van der Waals surface area (Å²) in [4.78, 5) is 41.7. The number of nitrogens with one attached hydrogen (secondary N) is 1. The van der Waals surface area contributed by atoms with Crippen LogP contribution < -0.4 is 15.6 Å². The average molecular weight is 776 g/mol. The van der Waals surface area contributed by atoms with Crippen LogP contribution >= 0.6 is 0 Å². The highest BCUT2D eigenvalue weighted by atomic mass is 19.4. The number of fused-ring (bicyclic) bond motifs is 6. The first-order valence-corrected chi connectivity index (χ1v) is 17.4. The predicted octanol–water partition coefficient (Wildman–Crippen LogP) is 8.10. The summed E-state index contributed by atoms with van der Waals surface area (Å²) in [6.07, 6.45) is -10.3. The SMILES string of the molecule is Cc1cc(C2CC2)cc2c1-c1cc(c(F)c(C(F)(F)F)c1)[C@H](CC(=O)O)NC(=O)[C@H](n1cc(CCN3CC(F)C3)c(C(F)(F)F)cc1=O)c1cccc(c1)O2. The van der Waals surface area contributed by atoms with Gasteiger partial charge >= 0.3 is 18.3 Å². The number of pyridine rings is 1. The zero-order valence-electron chi connectivity index (χ0n) is 29.0. The number of alkyl halides is 7. The second-order valence-electron chi connectivity index (χ2n) is 14.2. The van der Waals surface area contributed by atoms with Crippen molar-refractivity contribution in [3.8, 4) is 22.6 Å². The number of carboxylic acid groups (broad SMARTS) is 1. The molecule has 3 aliphatic rings. The van der Waals surface area contributed by atoms with Crippen LogP contribution in [-0.4, -0.2) is 52.3 Å². The van der Waals surface area contributed by atoms with Gasteiger partial charge in [0.15, 0.2) is 0 Å². The van der Waals surface area contributed by atoms with E-state index in [1.807, 2.05) is 0 Å². The Morgan fingerprint density at radius 1 is 0.945 bits per heavy atom. The van der Waals surface area contributed by atoms with Gasteiger partial charge in [-0.15, -0.1) is 0 Å². The summed E-state index contributed by atoms with van der Waals surface area (Å²) < 4.78 is 123. The van der Waals surface area contributed by atoms with Gasteiger partial charge in [0.05, 0.1) is 23.6 Å². The number of likely N-dealkylation sites (tertiary alicyclic amines) is 1. The van der Waals surface area contributed by atoms with Crippen molar-refractivity contribution in [3.05, 3.63) is 116 Å². The molecule has 8 nitrogen and oxygen atoms in total. The number of aromatic nitrogens is 1. The van der Waals surface area contributed by atoms with Gasteiger partial charge in [-0.25, -0.2) is 8.78 Å². The molecule has 2 aliphatic heterocycles. The van der Waals surface area contributed by atoms with Crippen LogP contribution in [-0.2, 0) is 28.4 Å². The quantitative estimate of drug-likeness (QED) is 0.184. The van der Waals surface area contributed by atoms with Crippen molar-refractivity contribution in [2.75, 3.05) is 19.6 Å². The van der Waals surface area contributed by atoms with Gasteiger partial charge in [-0.3, -0.25) is 23.9 Å². The maximum Gasteiger partial charge on any atom is 0.419 e. The molecular formula is C39H33F8N3O5. The van der Waals surface area contributed by atoms with Gasteiger partial charge in [0.25, 0.3) is 5.56 Å². The number of halogens is 8. The fourth-order valence-corrected chi connectivity index (χ4v) is 7.34. The summed E-state index contributed by atoms with van der Waals surface area (Å²) >= 11 is 0. The van der Waals surface area contributed by atoms with E-state index in [4.69, 9.17) is 4.74 Å². The van der Waals surface area contributed by atoms with Crippen molar-refractivity contribution in [1.82, 2.24) is 14.8 Å². The van der Waals surface area contributed by atoms with Crippen molar-refractivity contribution in [2.24, 2.45) is 0 Å². The molecule has 3 aromatic carbocycles. The lowest BCUT2D eigenvalue weighted by Gasteiger charge is -2.34. The van der Waals surface area contributed by atoms with Gasteiger partial charge in [-0.2, -0.15) is 26.3 Å². The molecular weight excluding hydrogens is 742 g/mol. The minimum atomic E-state index is -5.27. The van der Waals surface area contributed by atoms with Gasteiger partial charge in [0.2, 0.25) is 5.91 Å². The van der Waals surface area contributed by atoms with E-state index in [1.165, 1.54) is 24.3 Å². The van der Waals surface area contributed by atoms with Crippen molar-refractivity contribution in [3.63, 3.8) is 0 Å². The third-order valence-corrected chi connectivity index (χ3v) is 10.1. The van der Waals surface area contributed by atoms with Crippen LogP contribution in [0.3, 0.4) is 0 Å². The molecule has 0 unspecified atom stereocenters. The Labute approximate surface area is 308 Å². The Morgan fingerprint density at radius 2 is 1.65 bits per heavy atom. The summed E-state index contributed by atoms with van der Waals surface area (Å²) in [6, 6.07) is 7.11. The molecule has 55 heavy (non-hydrogen) atoms. The average Bonchev–Trinajstić information content (AvgIpc) is 3.92. The number of carbonyl (C=O) groups is 2. The molecule has 1 aliphatic carbocycles. The Balaban J connectivity index is 1.46. The molecule has 16 heteroatoms. The molecule has 0 radical (unpaired) electrons. The Kier molecular flexibility index (Phi) is 9.76. The molecule has 2 N–H and O–H groups in total. The lowest BCUT2D eigenvalue weighted by Crippen LogP contribution is -2.49. The van der Waals surface area contributed by atoms with Crippen LogP contribution in [0.5, 0.6) is 11.5 Å². The number of carboxylic acids is 1. The Hall–Kier alpha value is -5.25. The molecule has 290 valence electrons. The van der Waals surface area contributed by atoms with E-state index in [1.54, 1.807) is 24.0 Å². The normalized spacial score (nSPS) is 19.3. The summed E-state index contributed by atoms with van der Waals surface area (Å²) in [7, 11) is 0. The lowest BCUT2D eigenvalue weighted by atomic mass is 9.90. The van der Waals surface area contributed by atoms with Crippen molar-refractivity contribution in [1.29, 1.82) is 0 Å². The molecule has 4 aromatic rings.